The van der Waals surface area contributed by atoms with Crippen LogP contribution in [0.15, 0.2) is 18.2 Å². The van der Waals surface area contributed by atoms with Crippen LogP contribution in [-0.2, 0) is 16.6 Å². The number of piperidine rings is 2. The molecule has 178 valence electrons. The monoisotopic (exact) mass is 443 g/mol. The van der Waals surface area contributed by atoms with Crippen LogP contribution in [0.5, 0.6) is 5.75 Å². The van der Waals surface area contributed by atoms with Gasteiger partial charge in [-0.2, -0.15) is 0 Å². The van der Waals surface area contributed by atoms with Crippen molar-refractivity contribution in [2.24, 2.45) is 5.92 Å². The van der Waals surface area contributed by atoms with Crippen LogP contribution >= 0.6 is 0 Å². The summed E-state index contributed by atoms with van der Waals surface area (Å²) in [6, 6.07) is 7.57. The second-order valence-electron chi connectivity index (χ2n) is 11.2. The summed E-state index contributed by atoms with van der Waals surface area (Å²) in [6.45, 7) is 11.9. The molecule has 32 heavy (non-hydrogen) atoms. The number of carbonyl (C=O) groups is 1. The van der Waals surface area contributed by atoms with Gasteiger partial charge in [0.05, 0.1) is 7.11 Å². The third kappa shape index (κ3) is 4.62. The van der Waals surface area contributed by atoms with Gasteiger partial charge in [-0.1, -0.05) is 13.0 Å². The average molecular weight is 444 g/mol. The molecule has 1 aromatic rings. The van der Waals surface area contributed by atoms with Crippen molar-refractivity contribution < 1.29 is 14.3 Å². The summed E-state index contributed by atoms with van der Waals surface area (Å²) in [6.07, 6.45) is 4.11. The zero-order valence-corrected chi connectivity index (χ0v) is 20.7. The maximum Gasteiger partial charge on any atom is 0.410 e. The Bertz CT molecular complexity index is 828. The first-order valence-corrected chi connectivity index (χ1v) is 12.2. The van der Waals surface area contributed by atoms with E-state index in [1.807, 2.05) is 25.7 Å². The Kier molecular flexibility index (Phi) is 6.47. The van der Waals surface area contributed by atoms with Crippen molar-refractivity contribution in [2.75, 3.05) is 40.3 Å². The largest absolute Gasteiger partial charge is 0.497 e. The maximum absolute atomic E-state index is 12.4. The summed E-state index contributed by atoms with van der Waals surface area (Å²) < 4.78 is 11.1. The minimum absolute atomic E-state index is 0.108. The Labute approximate surface area is 193 Å². The Morgan fingerprint density at radius 3 is 2.59 bits per heavy atom. The van der Waals surface area contributed by atoms with Crippen LogP contribution < -0.4 is 10.1 Å². The van der Waals surface area contributed by atoms with Gasteiger partial charge in [0, 0.05) is 30.6 Å². The molecule has 0 spiro atoms. The van der Waals surface area contributed by atoms with Crippen LogP contribution in [0.1, 0.15) is 58.1 Å². The van der Waals surface area contributed by atoms with Crippen molar-refractivity contribution in [1.82, 2.24) is 15.1 Å². The topological polar surface area (TPSA) is 54.0 Å². The number of nitrogens with one attached hydrogen (secondary N) is 1. The van der Waals surface area contributed by atoms with Gasteiger partial charge >= 0.3 is 6.09 Å². The Hall–Kier alpha value is -1.79. The van der Waals surface area contributed by atoms with Gasteiger partial charge in [0.1, 0.15) is 11.4 Å². The van der Waals surface area contributed by atoms with Crippen molar-refractivity contribution >= 4 is 6.09 Å². The van der Waals surface area contributed by atoms with Crippen molar-refractivity contribution in [3.63, 3.8) is 0 Å². The number of hydrogen-bond donors (Lipinski definition) is 1. The van der Waals surface area contributed by atoms with Crippen molar-refractivity contribution in [1.29, 1.82) is 0 Å². The number of likely N-dealkylation sites (N-methyl/N-ethyl adjacent to an activating group) is 1. The molecule has 2 saturated heterocycles. The fourth-order valence-corrected chi connectivity index (χ4v) is 5.90. The van der Waals surface area contributed by atoms with Crippen molar-refractivity contribution in [2.45, 2.75) is 76.5 Å². The molecule has 2 heterocycles. The lowest BCUT2D eigenvalue weighted by atomic mass is 9.61. The summed E-state index contributed by atoms with van der Waals surface area (Å²) in [5, 5.41) is 4.01. The predicted molar refractivity (Wildman–Crippen MR) is 127 cm³/mol. The molecule has 1 amide bonds. The zero-order chi connectivity index (χ0) is 23.1. The third-order valence-corrected chi connectivity index (χ3v) is 7.88. The zero-order valence-electron chi connectivity index (χ0n) is 20.7. The van der Waals surface area contributed by atoms with E-state index < -0.39 is 5.60 Å². The van der Waals surface area contributed by atoms with Crippen LogP contribution in [0.25, 0.3) is 0 Å². The lowest BCUT2D eigenvalue weighted by Gasteiger charge is -2.55. The second-order valence-corrected chi connectivity index (χ2v) is 11.2. The van der Waals surface area contributed by atoms with E-state index in [1.54, 1.807) is 7.11 Å². The number of nitrogens with zero attached hydrogens (tertiary/aromatic N) is 2. The fourth-order valence-electron chi connectivity index (χ4n) is 5.90. The molecule has 3 aliphatic rings. The number of carbonyl (C=O) groups excluding carboxylic acids is 1. The lowest BCUT2D eigenvalue weighted by Crippen LogP contribution is -2.66. The summed E-state index contributed by atoms with van der Waals surface area (Å²) in [4.78, 5) is 16.8. The molecule has 1 aliphatic carbocycles. The first-order valence-electron chi connectivity index (χ1n) is 12.2. The number of likely N-dealkylation sites (tertiary alicyclic amines) is 2. The Morgan fingerprint density at radius 1 is 1.22 bits per heavy atom. The van der Waals surface area contributed by atoms with Crippen molar-refractivity contribution in [3.05, 3.63) is 29.3 Å². The van der Waals surface area contributed by atoms with E-state index in [-0.39, 0.29) is 11.5 Å². The molecule has 3 atom stereocenters. The van der Waals surface area contributed by atoms with E-state index in [1.165, 1.54) is 11.1 Å². The first-order chi connectivity index (χ1) is 15.1. The Morgan fingerprint density at radius 2 is 1.94 bits per heavy atom. The molecular weight excluding hydrogens is 402 g/mol. The highest BCUT2D eigenvalue weighted by molar-refractivity contribution is 5.68. The SMILES string of the molecule is COc1ccc2c(c1)C1(C)CCN(C)[C@H](C2)C1NCC1CCN(C(=O)OC(C)(C)C)CC1. The minimum Gasteiger partial charge on any atom is -0.497 e. The number of rotatable bonds is 4. The maximum atomic E-state index is 12.4. The lowest BCUT2D eigenvalue weighted by molar-refractivity contribution is 0.0174. The van der Waals surface area contributed by atoms with Crippen LogP contribution in [0.2, 0.25) is 0 Å². The van der Waals surface area contributed by atoms with Crippen molar-refractivity contribution in [3.8, 4) is 5.75 Å². The van der Waals surface area contributed by atoms with E-state index in [9.17, 15) is 4.79 Å². The highest BCUT2D eigenvalue weighted by atomic mass is 16.6. The minimum atomic E-state index is -0.436. The second kappa shape index (κ2) is 8.86. The standard InChI is InChI=1S/C26H41N3O3/c1-25(2,3)32-24(30)29-12-9-18(10-13-29)17-27-23-22-15-19-7-8-20(31-6)16-21(19)26(23,4)11-14-28(22)5/h7-8,16,18,22-23,27H,9-15,17H2,1-6H3/t22-,23?,26?/m1/s1. The van der Waals surface area contributed by atoms with E-state index in [0.29, 0.717) is 18.0 Å². The van der Waals surface area contributed by atoms with Gasteiger partial charge in [-0.3, -0.25) is 0 Å². The van der Waals surface area contributed by atoms with Gasteiger partial charge < -0.3 is 24.6 Å². The smallest absolute Gasteiger partial charge is 0.410 e. The number of benzene rings is 1. The van der Waals surface area contributed by atoms with Gasteiger partial charge in [0.15, 0.2) is 0 Å². The molecule has 2 fully saturated rings. The fraction of sp³-hybridized carbons (Fsp3) is 0.731. The molecule has 6 nitrogen and oxygen atoms in total. The van der Waals surface area contributed by atoms with Crippen LogP contribution in [0.3, 0.4) is 0 Å². The summed E-state index contributed by atoms with van der Waals surface area (Å²) in [7, 11) is 4.02. The van der Waals surface area contributed by atoms with Gasteiger partial charge in [-0.15, -0.1) is 0 Å². The quantitative estimate of drug-likeness (QED) is 0.767. The highest BCUT2D eigenvalue weighted by Gasteiger charge is 2.49. The average Bonchev–Trinajstić information content (AvgIpc) is 2.75. The van der Waals surface area contributed by atoms with Crippen LogP contribution in [0, 0.1) is 5.92 Å². The van der Waals surface area contributed by atoms with Gasteiger partial charge in [-0.05, 0) is 95.8 Å². The van der Waals surface area contributed by atoms with Gasteiger partial charge in [-0.25, -0.2) is 4.79 Å². The molecule has 1 N–H and O–H groups in total. The summed E-state index contributed by atoms with van der Waals surface area (Å²) in [5.74, 6) is 1.55. The van der Waals surface area contributed by atoms with Crippen LogP contribution in [0.4, 0.5) is 4.79 Å². The first kappa shape index (κ1) is 23.4. The molecule has 6 heteroatoms. The molecule has 0 saturated carbocycles. The molecule has 2 unspecified atom stereocenters. The normalized spacial score (nSPS) is 28.9. The van der Waals surface area contributed by atoms with Crippen LogP contribution in [-0.4, -0.2) is 73.9 Å². The number of amides is 1. The summed E-state index contributed by atoms with van der Waals surface area (Å²) in [5.41, 5.74) is 2.60. The molecule has 0 radical (unpaired) electrons. The molecule has 0 aromatic heterocycles. The van der Waals surface area contributed by atoms with E-state index >= 15 is 0 Å². The van der Waals surface area contributed by atoms with E-state index in [2.05, 4.69) is 42.4 Å². The number of fused-ring (bicyclic) bond motifs is 4. The van der Waals surface area contributed by atoms with E-state index in [4.69, 9.17) is 9.47 Å². The molecule has 2 aliphatic heterocycles. The molecular formula is C26H41N3O3. The van der Waals surface area contributed by atoms with E-state index in [0.717, 1.165) is 57.6 Å². The molecule has 4 rings (SSSR count). The molecule has 1 aromatic carbocycles. The highest BCUT2D eigenvalue weighted by Crippen LogP contribution is 2.45. The van der Waals surface area contributed by atoms with Gasteiger partial charge in [0.25, 0.3) is 0 Å². The number of ether oxygens (including phenoxy) is 2. The number of hydrogen-bond acceptors (Lipinski definition) is 5. The Balaban J connectivity index is 1.41. The summed E-state index contributed by atoms with van der Waals surface area (Å²) >= 11 is 0. The number of methoxy groups -OCH3 is 1. The van der Waals surface area contributed by atoms with Gasteiger partial charge in [0.2, 0.25) is 0 Å². The third-order valence-electron chi connectivity index (χ3n) is 7.88. The predicted octanol–water partition coefficient (Wildman–Crippen LogP) is 3.82. The molecule has 2 bridgehead atoms.